The first-order valence-corrected chi connectivity index (χ1v) is 9.64. The summed E-state index contributed by atoms with van der Waals surface area (Å²) in [6.45, 7) is 4.51. The van der Waals surface area contributed by atoms with E-state index >= 15 is 0 Å². The molecule has 0 fully saturated rings. The molecule has 0 saturated heterocycles. The van der Waals surface area contributed by atoms with Crippen LogP contribution in [-0.2, 0) is 9.59 Å². The van der Waals surface area contributed by atoms with Gasteiger partial charge >= 0.3 is 0 Å². The van der Waals surface area contributed by atoms with Crippen LogP contribution < -0.4 is 15.4 Å². The van der Waals surface area contributed by atoms with Gasteiger partial charge in [-0.3, -0.25) is 9.59 Å². The quantitative estimate of drug-likeness (QED) is 0.634. The number of carbonyl (C=O) groups is 2. The maximum atomic E-state index is 12.1. The largest absolute Gasteiger partial charge is 0.494 e. The van der Waals surface area contributed by atoms with Gasteiger partial charge in [0.25, 0.3) is 0 Å². The van der Waals surface area contributed by atoms with Crippen LogP contribution in [0.15, 0.2) is 53.4 Å². The zero-order valence-electron chi connectivity index (χ0n) is 15.1. The van der Waals surface area contributed by atoms with E-state index in [9.17, 15) is 9.59 Å². The summed E-state index contributed by atoms with van der Waals surface area (Å²) in [6, 6.07) is 14.8. The second kappa shape index (κ2) is 10.5. The molecule has 2 aromatic carbocycles. The van der Waals surface area contributed by atoms with Crippen LogP contribution in [0.2, 0.25) is 0 Å². The van der Waals surface area contributed by atoms with Crippen molar-refractivity contribution in [1.82, 2.24) is 0 Å². The van der Waals surface area contributed by atoms with E-state index in [1.807, 2.05) is 62.4 Å². The van der Waals surface area contributed by atoms with Crippen LogP contribution in [0.25, 0.3) is 0 Å². The Bertz CT molecular complexity index is 715. The Balaban J connectivity index is 1.78. The molecule has 0 aliphatic heterocycles. The summed E-state index contributed by atoms with van der Waals surface area (Å²) < 4.78 is 5.38. The number of benzene rings is 2. The van der Waals surface area contributed by atoms with Crippen LogP contribution in [0.4, 0.5) is 11.4 Å². The number of ether oxygens (including phenoxy) is 1. The van der Waals surface area contributed by atoms with Gasteiger partial charge in [-0.25, -0.2) is 0 Å². The summed E-state index contributed by atoms with van der Waals surface area (Å²) in [5, 5.41) is 5.70. The van der Waals surface area contributed by atoms with Crippen LogP contribution in [0, 0.1) is 0 Å². The third-order valence-electron chi connectivity index (χ3n) is 3.43. The summed E-state index contributed by atoms with van der Waals surface area (Å²) in [5.41, 5.74) is 1.51. The highest BCUT2D eigenvalue weighted by Gasteiger charge is 2.05. The van der Waals surface area contributed by atoms with Crippen LogP contribution in [0.1, 0.15) is 26.7 Å². The topological polar surface area (TPSA) is 67.4 Å². The molecular weight excluding hydrogens is 348 g/mol. The highest BCUT2D eigenvalue weighted by molar-refractivity contribution is 8.00. The fourth-order valence-electron chi connectivity index (χ4n) is 2.23. The second-order valence-electron chi connectivity index (χ2n) is 5.62. The standard InChI is InChI=1S/C20H24N2O3S/c1-3-5-19(23)21-16-8-12-18(13-9-16)26-14-20(24)22-15-6-10-17(11-7-15)25-4-2/h6-13H,3-5,14H2,1-2H3,(H,21,23)(H,22,24). The van der Waals surface area contributed by atoms with E-state index in [4.69, 9.17) is 4.74 Å². The second-order valence-corrected chi connectivity index (χ2v) is 6.67. The predicted octanol–water partition coefficient (Wildman–Crippen LogP) is 4.55. The van der Waals surface area contributed by atoms with Crippen molar-refractivity contribution >= 4 is 35.0 Å². The molecule has 2 N–H and O–H groups in total. The van der Waals surface area contributed by atoms with Crippen molar-refractivity contribution in [3.05, 3.63) is 48.5 Å². The van der Waals surface area contributed by atoms with E-state index < -0.39 is 0 Å². The Morgan fingerprint density at radius 2 is 1.46 bits per heavy atom. The number of carbonyl (C=O) groups excluding carboxylic acids is 2. The van der Waals surface area contributed by atoms with E-state index in [0.29, 0.717) is 18.8 Å². The lowest BCUT2D eigenvalue weighted by Gasteiger charge is -2.08. The number of anilines is 2. The monoisotopic (exact) mass is 372 g/mol. The first kappa shape index (κ1) is 19.8. The number of rotatable bonds is 9. The molecule has 26 heavy (non-hydrogen) atoms. The molecule has 0 atom stereocenters. The molecule has 0 bridgehead atoms. The van der Waals surface area contributed by atoms with Gasteiger partial charge in [0.1, 0.15) is 5.75 Å². The fourth-order valence-corrected chi connectivity index (χ4v) is 2.93. The predicted molar refractivity (Wildman–Crippen MR) is 107 cm³/mol. The molecular formula is C20H24N2O3S. The molecule has 0 aliphatic carbocycles. The van der Waals surface area contributed by atoms with Gasteiger partial charge in [-0.2, -0.15) is 0 Å². The Morgan fingerprint density at radius 3 is 2.04 bits per heavy atom. The molecule has 0 spiro atoms. The molecule has 6 heteroatoms. The third-order valence-corrected chi connectivity index (χ3v) is 4.45. The smallest absolute Gasteiger partial charge is 0.234 e. The van der Waals surface area contributed by atoms with Crippen molar-refractivity contribution in [2.24, 2.45) is 0 Å². The first-order valence-electron chi connectivity index (χ1n) is 8.66. The highest BCUT2D eigenvalue weighted by Crippen LogP contribution is 2.21. The van der Waals surface area contributed by atoms with Crippen molar-refractivity contribution in [3.63, 3.8) is 0 Å². The number of amides is 2. The Labute approximate surface area is 158 Å². The zero-order valence-corrected chi connectivity index (χ0v) is 15.9. The third kappa shape index (κ3) is 6.80. The van der Waals surface area contributed by atoms with Gasteiger partial charge in [0, 0.05) is 22.7 Å². The summed E-state index contributed by atoms with van der Waals surface area (Å²) >= 11 is 1.45. The van der Waals surface area contributed by atoms with Gasteiger partial charge < -0.3 is 15.4 Å². The number of nitrogens with one attached hydrogen (secondary N) is 2. The van der Waals surface area contributed by atoms with E-state index in [-0.39, 0.29) is 11.8 Å². The van der Waals surface area contributed by atoms with Gasteiger partial charge in [-0.15, -0.1) is 11.8 Å². The zero-order chi connectivity index (χ0) is 18.8. The van der Waals surface area contributed by atoms with Crippen molar-refractivity contribution in [2.45, 2.75) is 31.6 Å². The molecule has 0 heterocycles. The van der Waals surface area contributed by atoms with Gasteiger partial charge in [0.05, 0.1) is 12.4 Å². The Morgan fingerprint density at radius 1 is 0.885 bits per heavy atom. The number of hydrogen-bond donors (Lipinski definition) is 2. The van der Waals surface area contributed by atoms with Crippen molar-refractivity contribution in [1.29, 1.82) is 0 Å². The van der Waals surface area contributed by atoms with Crippen LogP contribution in [0.5, 0.6) is 5.75 Å². The summed E-state index contributed by atoms with van der Waals surface area (Å²) in [5.74, 6) is 1.04. The van der Waals surface area contributed by atoms with Gasteiger partial charge in [0.2, 0.25) is 11.8 Å². The lowest BCUT2D eigenvalue weighted by Crippen LogP contribution is -2.13. The minimum absolute atomic E-state index is 0.0163. The number of thioether (sulfide) groups is 1. The number of hydrogen-bond acceptors (Lipinski definition) is 4. The summed E-state index contributed by atoms with van der Waals surface area (Å²) in [6.07, 6.45) is 1.34. The first-order chi connectivity index (χ1) is 12.6. The minimum Gasteiger partial charge on any atom is -0.494 e. The van der Waals surface area contributed by atoms with Crippen molar-refractivity contribution in [3.8, 4) is 5.75 Å². The molecule has 0 aromatic heterocycles. The molecule has 2 rings (SSSR count). The van der Waals surface area contributed by atoms with E-state index in [1.165, 1.54) is 11.8 Å². The molecule has 0 radical (unpaired) electrons. The van der Waals surface area contributed by atoms with Gasteiger partial charge in [-0.1, -0.05) is 6.92 Å². The van der Waals surface area contributed by atoms with Gasteiger partial charge in [0.15, 0.2) is 0 Å². The molecule has 0 unspecified atom stereocenters. The SMILES string of the molecule is CCCC(=O)Nc1ccc(SCC(=O)Nc2ccc(OCC)cc2)cc1. The van der Waals surface area contributed by atoms with Gasteiger partial charge in [-0.05, 0) is 61.9 Å². The maximum Gasteiger partial charge on any atom is 0.234 e. The maximum absolute atomic E-state index is 12.1. The summed E-state index contributed by atoms with van der Waals surface area (Å²) in [7, 11) is 0. The Hall–Kier alpha value is -2.47. The van der Waals surface area contributed by atoms with Crippen LogP contribution in [-0.4, -0.2) is 24.2 Å². The van der Waals surface area contributed by atoms with Crippen LogP contribution >= 0.6 is 11.8 Å². The molecule has 138 valence electrons. The van der Waals surface area contributed by atoms with E-state index in [2.05, 4.69) is 10.6 Å². The van der Waals surface area contributed by atoms with Crippen molar-refractivity contribution in [2.75, 3.05) is 23.0 Å². The minimum atomic E-state index is -0.0699. The lowest BCUT2D eigenvalue weighted by molar-refractivity contribution is -0.116. The molecule has 0 aliphatic rings. The molecule has 5 nitrogen and oxygen atoms in total. The van der Waals surface area contributed by atoms with Crippen LogP contribution in [0.3, 0.4) is 0 Å². The fraction of sp³-hybridized carbons (Fsp3) is 0.300. The molecule has 2 aromatic rings. The Kier molecular flexibility index (Phi) is 8.02. The molecule has 0 saturated carbocycles. The average molecular weight is 372 g/mol. The summed E-state index contributed by atoms with van der Waals surface area (Å²) in [4.78, 5) is 24.6. The lowest BCUT2D eigenvalue weighted by atomic mass is 10.3. The van der Waals surface area contributed by atoms with E-state index in [1.54, 1.807) is 0 Å². The highest BCUT2D eigenvalue weighted by atomic mass is 32.2. The van der Waals surface area contributed by atoms with E-state index in [0.717, 1.165) is 28.4 Å². The normalized spacial score (nSPS) is 10.2. The average Bonchev–Trinajstić information content (AvgIpc) is 2.63. The van der Waals surface area contributed by atoms with Crippen molar-refractivity contribution < 1.29 is 14.3 Å². The molecule has 2 amide bonds.